The molecule has 2 nitrogen and oxygen atoms in total. The first-order valence-electron chi connectivity index (χ1n) is 6.93. The van der Waals surface area contributed by atoms with Crippen LogP contribution in [0.1, 0.15) is 44.5 Å². The van der Waals surface area contributed by atoms with E-state index in [0.717, 1.165) is 21.7 Å². The zero-order valence-electron chi connectivity index (χ0n) is 11.1. The SMILES string of the molecule is CC(C1CCCC1)n1c(CCl)nc2cc(Br)ccc21. The molecule has 0 aliphatic heterocycles. The number of fused-ring (bicyclic) bond motifs is 1. The number of nitrogens with zero attached hydrogens (tertiary/aromatic N) is 2. The van der Waals surface area contributed by atoms with Gasteiger partial charge in [-0.25, -0.2) is 4.98 Å². The number of halogens is 2. The van der Waals surface area contributed by atoms with Gasteiger partial charge in [-0.15, -0.1) is 11.6 Å². The minimum Gasteiger partial charge on any atom is -0.324 e. The highest BCUT2D eigenvalue weighted by Gasteiger charge is 2.25. The van der Waals surface area contributed by atoms with Gasteiger partial charge >= 0.3 is 0 Å². The predicted molar refractivity (Wildman–Crippen MR) is 83.7 cm³/mol. The maximum Gasteiger partial charge on any atom is 0.125 e. The fraction of sp³-hybridized carbons (Fsp3) is 0.533. The number of imidazole rings is 1. The Balaban J connectivity index is 2.09. The first-order valence-corrected chi connectivity index (χ1v) is 8.26. The van der Waals surface area contributed by atoms with Crippen LogP contribution in [0.2, 0.25) is 0 Å². The number of hydrogen-bond donors (Lipinski definition) is 0. The van der Waals surface area contributed by atoms with Crippen LogP contribution in [0.3, 0.4) is 0 Å². The summed E-state index contributed by atoms with van der Waals surface area (Å²) in [5.74, 6) is 2.24. The Labute approximate surface area is 127 Å². The summed E-state index contributed by atoms with van der Waals surface area (Å²) in [7, 11) is 0. The highest BCUT2D eigenvalue weighted by Crippen LogP contribution is 2.37. The van der Waals surface area contributed by atoms with Crippen LogP contribution < -0.4 is 0 Å². The fourth-order valence-corrected chi connectivity index (χ4v) is 3.86. The Hall–Kier alpha value is -0.540. The maximum atomic E-state index is 6.10. The summed E-state index contributed by atoms with van der Waals surface area (Å²) in [6, 6.07) is 6.79. The fourth-order valence-electron chi connectivity index (χ4n) is 3.32. The molecule has 102 valence electrons. The van der Waals surface area contributed by atoms with Crippen molar-refractivity contribution in [1.82, 2.24) is 9.55 Å². The van der Waals surface area contributed by atoms with Gasteiger partial charge in [-0.05, 0) is 43.9 Å². The van der Waals surface area contributed by atoms with E-state index in [0.29, 0.717) is 11.9 Å². The van der Waals surface area contributed by atoms with E-state index in [1.807, 2.05) is 0 Å². The molecule has 1 aliphatic rings. The number of rotatable bonds is 3. The summed E-state index contributed by atoms with van der Waals surface area (Å²) in [6.07, 6.45) is 5.39. The third kappa shape index (κ3) is 2.43. The molecule has 2 aromatic rings. The van der Waals surface area contributed by atoms with E-state index >= 15 is 0 Å². The van der Waals surface area contributed by atoms with Gasteiger partial charge in [0, 0.05) is 10.5 Å². The largest absolute Gasteiger partial charge is 0.324 e. The Kier molecular flexibility index (Phi) is 3.86. The molecule has 1 saturated carbocycles. The zero-order valence-corrected chi connectivity index (χ0v) is 13.4. The van der Waals surface area contributed by atoms with E-state index in [4.69, 9.17) is 11.6 Å². The van der Waals surface area contributed by atoms with Gasteiger partial charge in [-0.3, -0.25) is 0 Å². The Morgan fingerprint density at radius 2 is 2.16 bits per heavy atom. The quantitative estimate of drug-likeness (QED) is 0.694. The molecule has 19 heavy (non-hydrogen) atoms. The summed E-state index contributed by atoms with van der Waals surface area (Å²) in [5, 5.41) is 0. The number of aromatic nitrogens is 2. The second-order valence-corrected chi connectivity index (χ2v) is 6.63. The van der Waals surface area contributed by atoms with E-state index < -0.39 is 0 Å². The summed E-state index contributed by atoms with van der Waals surface area (Å²) in [5.41, 5.74) is 2.24. The standard InChI is InChI=1S/C15H18BrClN2/c1-10(11-4-2-3-5-11)19-14-7-6-12(16)8-13(14)18-15(19)9-17/h6-8,10-11H,2-5,9H2,1H3. The van der Waals surface area contributed by atoms with Gasteiger partial charge in [0.05, 0.1) is 16.9 Å². The van der Waals surface area contributed by atoms with E-state index in [1.54, 1.807) is 0 Å². The van der Waals surface area contributed by atoms with Crippen molar-refractivity contribution >= 4 is 38.6 Å². The van der Waals surface area contributed by atoms with Crippen LogP contribution in [0.15, 0.2) is 22.7 Å². The third-order valence-electron chi connectivity index (χ3n) is 4.33. The third-order valence-corrected chi connectivity index (χ3v) is 5.07. The van der Waals surface area contributed by atoms with Gasteiger partial charge in [-0.2, -0.15) is 0 Å². The highest BCUT2D eigenvalue weighted by atomic mass is 79.9. The van der Waals surface area contributed by atoms with Crippen LogP contribution in [0.4, 0.5) is 0 Å². The van der Waals surface area contributed by atoms with Crippen molar-refractivity contribution in [2.45, 2.75) is 44.5 Å². The van der Waals surface area contributed by atoms with Crippen LogP contribution in [0.25, 0.3) is 11.0 Å². The first kappa shape index (κ1) is 13.4. The molecule has 1 aromatic heterocycles. The Morgan fingerprint density at radius 1 is 1.42 bits per heavy atom. The summed E-state index contributed by atoms with van der Waals surface area (Å²) >= 11 is 9.61. The van der Waals surface area contributed by atoms with Crippen molar-refractivity contribution in [2.75, 3.05) is 0 Å². The molecule has 0 radical (unpaired) electrons. The molecular formula is C15H18BrClN2. The molecule has 3 rings (SSSR count). The summed E-state index contributed by atoms with van der Waals surface area (Å²) in [4.78, 5) is 4.69. The van der Waals surface area contributed by atoms with Crippen molar-refractivity contribution in [3.8, 4) is 0 Å². The lowest BCUT2D eigenvalue weighted by Gasteiger charge is -2.23. The molecule has 0 amide bonds. The lowest BCUT2D eigenvalue weighted by molar-refractivity contribution is 0.362. The molecule has 0 N–H and O–H groups in total. The Bertz CT molecular complexity index is 587. The molecule has 1 aliphatic carbocycles. The molecule has 1 heterocycles. The summed E-state index contributed by atoms with van der Waals surface area (Å²) < 4.78 is 3.42. The second kappa shape index (κ2) is 5.45. The minimum atomic E-state index is 0.476. The predicted octanol–water partition coefficient (Wildman–Crippen LogP) is 5.29. The molecule has 1 unspecified atom stereocenters. The molecular weight excluding hydrogens is 324 g/mol. The van der Waals surface area contributed by atoms with Gasteiger partial charge in [0.2, 0.25) is 0 Å². The van der Waals surface area contributed by atoms with Crippen molar-refractivity contribution in [2.24, 2.45) is 5.92 Å². The maximum absolute atomic E-state index is 6.10. The smallest absolute Gasteiger partial charge is 0.125 e. The minimum absolute atomic E-state index is 0.476. The van der Waals surface area contributed by atoms with Crippen molar-refractivity contribution < 1.29 is 0 Å². The Morgan fingerprint density at radius 3 is 2.84 bits per heavy atom. The monoisotopic (exact) mass is 340 g/mol. The molecule has 4 heteroatoms. The average molecular weight is 342 g/mol. The van der Waals surface area contributed by atoms with Crippen LogP contribution >= 0.6 is 27.5 Å². The first-order chi connectivity index (χ1) is 9.20. The van der Waals surface area contributed by atoms with Gasteiger partial charge in [0.25, 0.3) is 0 Å². The normalized spacial score (nSPS) is 18.3. The number of alkyl halides is 1. The molecule has 1 atom stereocenters. The molecule has 0 bridgehead atoms. The van der Waals surface area contributed by atoms with Crippen LogP contribution in [0, 0.1) is 5.92 Å². The average Bonchev–Trinajstić information content (AvgIpc) is 3.04. The number of hydrogen-bond acceptors (Lipinski definition) is 1. The van der Waals surface area contributed by atoms with Crippen molar-refractivity contribution in [1.29, 1.82) is 0 Å². The zero-order chi connectivity index (χ0) is 13.4. The lowest BCUT2D eigenvalue weighted by Crippen LogP contribution is -2.16. The summed E-state index contributed by atoms with van der Waals surface area (Å²) in [6.45, 7) is 2.31. The van der Waals surface area contributed by atoms with E-state index in [-0.39, 0.29) is 0 Å². The van der Waals surface area contributed by atoms with Crippen LogP contribution in [-0.4, -0.2) is 9.55 Å². The van der Waals surface area contributed by atoms with E-state index in [2.05, 4.69) is 50.6 Å². The van der Waals surface area contributed by atoms with Crippen molar-refractivity contribution in [3.05, 3.63) is 28.5 Å². The molecule has 1 fully saturated rings. The van der Waals surface area contributed by atoms with Gasteiger partial charge in [0.1, 0.15) is 5.82 Å². The highest BCUT2D eigenvalue weighted by molar-refractivity contribution is 9.10. The van der Waals surface area contributed by atoms with Crippen LogP contribution in [-0.2, 0) is 5.88 Å². The van der Waals surface area contributed by atoms with Gasteiger partial charge < -0.3 is 4.57 Å². The number of benzene rings is 1. The molecule has 1 aromatic carbocycles. The lowest BCUT2D eigenvalue weighted by atomic mass is 9.99. The van der Waals surface area contributed by atoms with Gasteiger partial charge in [0.15, 0.2) is 0 Å². The van der Waals surface area contributed by atoms with Crippen LogP contribution in [0.5, 0.6) is 0 Å². The second-order valence-electron chi connectivity index (χ2n) is 5.45. The molecule has 0 spiro atoms. The van der Waals surface area contributed by atoms with Crippen molar-refractivity contribution in [3.63, 3.8) is 0 Å². The van der Waals surface area contributed by atoms with E-state index in [1.165, 1.54) is 31.2 Å². The topological polar surface area (TPSA) is 17.8 Å². The molecule has 0 saturated heterocycles. The van der Waals surface area contributed by atoms with E-state index in [9.17, 15) is 0 Å². The van der Waals surface area contributed by atoms with Gasteiger partial charge in [-0.1, -0.05) is 28.8 Å².